The minimum absolute atomic E-state index is 0.0155. The van der Waals surface area contributed by atoms with Gasteiger partial charge in [0.15, 0.2) is 0 Å². The number of hydrogen-bond acceptors (Lipinski definition) is 5. The van der Waals surface area contributed by atoms with E-state index < -0.39 is 12.1 Å². The molecule has 0 saturated heterocycles. The molecule has 0 aliphatic heterocycles. The summed E-state index contributed by atoms with van der Waals surface area (Å²) in [6, 6.07) is -0.552. The first-order chi connectivity index (χ1) is 34.0. The van der Waals surface area contributed by atoms with Crippen LogP contribution in [0.25, 0.3) is 0 Å². The number of ether oxygens (including phenoxy) is 1. The van der Waals surface area contributed by atoms with Gasteiger partial charge in [-0.3, -0.25) is 9.59 Å². The van der Waals surface area contributed by atoms with Crippen molar-refractivity contribution in [2.45, 2.75) is 341 Å². The van der Waals surface area contributed by atoms with Gasteiger partial charge in [0.05, 0.1) is 25.4 Å². The maximum atomic E-state index is 12.5. The van der Waals surface area contributed by atoms with E-state index in [4.69, 9.17) is 4.74 Å². The smallest absolute Gasteiger partial charge is 0.305 e. The van der Waals surface area contributed by atoms with Crippen molar-refractivity contribution in [2.75, 3.05) is 13.2 Å². The quantitative estimate of drug-likeness (QED) is 0.0321. The second kappa shape index (κ2) is 58.6. The molecule has 0 rings (SSSR count). The predicted octanol–water partition coefficient (Wildman–Crippen LogP) is 19.2. The Hall–Kier alpha value is -1.92. The summed E-state index contributed by atoms with van der Waals surface area (Å²) in [4.78, 5) is 24.6. The summed E-state index contributed by atoms with van der Waals surface area (Å²) in [7, 11) is 0. The third-order valence-electron chi connectivity index (χ3n) is 14.2. The third-order valence-corrected chi connectivity index (χ3v) is 14.2. The van der Waals surface area contributed by atoms with Crippen LogP contribution in [0.15, 0.2) is 36.5 Å². The molecule has 0 saturated carbocycles. The number of aliphatic hydroxyl groups excluding tert-OH is 2. The average Bonchev–Trinajstić information content (AvgIpc) is 3.35. The number of unbranched alkanes of at least 4 members (excludes halogenated alkanes) is 40. The third kappa shape index (κ3) is 55.2. The second-order valence-electron chi connectivity index (χ2n) is 21.0. The van der Waals surface area contributed by atoms with E-state index in [0.29, 0.717) is 25.9 Å². The summed E-state index contributed by atoms with van der Waals surface area (Å²) in [5.41, 5.74) is 0. The summed E-state index contributed by atoms with van der Waals surface area (Å²) in [5.74, 6) is -0.0606. The van der Waals surface area contributed by atoms with E-state index in [1.54, 1.807) is 0 Å². The van der Waals surface area contributed by atoms with Crippen molar-refractivity contribution in [2.24, 2.45) is 0 Å². The minimum atomic E-state index is -0.674. The lowest BCUT2D eigenvalue weighted by Crippen LogP contribution is -2.45. The molecule has 0 aromatic heterocycles. The standard InChI is InChI=1S/C63H119NO5/c1-3-5-7-9-11-13-15-17-19-20-21-22-24-28-31-35-39-43-47-51-55-61(66)60(59-65)64-62(67)56-52-48-44-40-36-32-29-25-23-26-30-34-38-42-46-50-54-58-69-63(68)57-53-49-45-41-37-33-27-18-16-14-12-10-8-6-4-2/h12,14,18,23,26-27,60-61,65-66H,3-11,13,15-17,19-22,24-25,28-59H2,1-2H3,(H,64,67)/b14-12-,26-23-,27-18-. The molecule has 0 radical (unpaired) electrons. The van der Waals surface area contributed by atoms with Crippen LogP contribution in [0.1, 0.15) is 328 Å². The average molecular weight is 971 g/mol. The van der Waals surface area contributed by atoms with Gasteiger partial charge in [0.2, 0.25) is 5.91 Å². The SMILES string of the molecule is CCCCC/C=C\C/C=C\CCCCCCCC(=O)OCCCCCCCC/C=C\CCCCCCCCCC(=O)NC(CO)C(O)CCCCCCCCCCCCCCCCCCCCCC. The fourth-order valence-corrected chi connectivity index (χ4v) is 9.43. The van der Waals surface area contributed by atoms with Gasteiger partial charge in [-0.25, -0.2) is 0 Å². The molecule has 2 atom stereocenters. The lowest BCUT2D eigenvalue weighted by atomic mass is 10.0. The van der Waals surface area contributed by atoms with E-state index in [1.807, 2.05) is 0 Å². The number of aliphatic hydroxyl groups is 2. The molecule has 0 spiro atoms. The Morgan fingerprint density at radius 3 is 1.14 bits per heavy atom. The summed E-state index contributed by atoms with van der Waals surface area (Å²) < 4.78 is 5.46. The molecule has 0 aliphatic rings. The Labute approximate surface area is 430 Å². The lowest BCUT2D eigenvalue weighted by Gasteiger charge is -2.22. The van der Waals surface area contributed by atoms with Crippen LogP contribution in [-0.2, 0) is 14.3 Å². The first kappa shape index (κ1) is 67.1. The maximum absolute atomic E-state index is 12.5. The second-order valence-corrected chi connectivity index (χ2v) is 21.0. The van der Waals surface area contributed by atoms with Crippen LogP contribution in [0, 0.1) is 0 Å². The number of rotatable bonds is 57. The molecule has 6 nitrogen and oxygen atoms in total. The van der Waals surface area contributed by atoms with Gasteiger partial charge in [0, 0.05) is 12.8 Å². The summed E-state index contributed by atoms with van der Waals surface area (Å²) in [6.07, 6.45) is 72.8. The number of carbonyl (C=O) groups excluding carboxylic acids is 2. The van der Waals surface area contributed by atoms with Crippen molar-refractivity contribution in [3.8, 4) is 0 Å². The van der Waals surface area contributed by atoms with Gasteiger partial charge in [0.25, 0.3) is 0 Å². The molecule has 0 heterocycles. The van der Waals surface area contributed by atoms with E-state index in [0.717, 1.165) is 64.2 Å². The fraction of sp³-hybridized carbons (Fsp3) is 0.873. The first-order valence-corrected chi connectivity index (χ1v) is 30.7. The van der Waals surface area contributed by atoms with Crippen molar-refractivity contribution < 1.29 is 24.5 Å². The summed E-state index contributed by atoms with van der Waals surface area (Å²) in [5, 5.41) is 23.3. The zero-order valence-corrected chi connectivity index (χ0v) is 46.3. The van der Waals surface area contributed by atoms with Gasteiger partial charge in [-0.15, -0.1) is 0 Å². The molecule has 69 heavy (non-hydrogen) atoms. The molecule has 0 fully saturated rings. The Morgan fingerprint density at radius 1 is 0.406 bits per heavy atom. The highest BCUT2D eigenvalue weighted by atomic mass is 16.5. The van der Waals surface area contributed by atoms with Crippen molar-refractivity contribution in [1.82, 2.24) is 5.32 Å². The molecule has 0 aliphatic carbocycles. The summed E-state index contributed by atoms with van der Waals surface area (Å²) >= 11 is 0. The maximum Gasteiger partial charge on any atom is 0.305 e. The number of esters is 1. The van der Waals surface area contributed by atoms with Crippen LogP contribution < -0.4 is 5.32 Å². The Morgan fingerprint density at radius 2 is 0.725 bits per heavy atom. The van der Waals surface area contributed by atoms with Crippen LogP contribution in [0.3, 0.4) is 0 Å². The summed E-state index contributed by atoms with van der Waals surface area (Å²) in [6.45, 7) is 4.92. The molecule has 0 aromatic rings. The van der Waals surface area contributed by atoms with Gasteiger partial charge in [-0.2, -0.15) is 0 Å². The molecule has 0 bridgehead atoms. The Balaban J connectivity index is 3.46. The van der Waals surface area contributed by atoms with E-state index in [9.17, 15) is 19.8 Å². The number of hydrogen-bond donors (Lipinski definition) is 3. The molecule has 1 amide bonds. The van der Waals surface area contributed by atoms with Gasteiger partial charge in [0.1, 0.15) is 0 Å². The highest BCUT2D eigenvalue weighted by molar-refractivity contribution is 5.76. The van der Waals surface area contributed by atoms with Crippen LogP contribution >= 0.6 is 0 Å². The van der Waals surface area contributed by atoms with Gasteiger partial charge in [-0.1, -0.05) is 269 Å². The molecular formula is C63H119NO5. The van der Waals surface area contributed by atoms with Crippen molar-refractivity contribution >= 4 is 11.9 Å². The number of nitrogens with one attached hydrogen (secondary N) is 1. The molecule has 406 valence electrons. The van der Waals surface area contributed by atoms with Gasteiger partial charge < -0.3 is 20.3 Å². The Bertz CT molecular complexity index is 1120. The Kier molecular flexibility index (Phi) is 57.0. The van der Waals surface area contributed by atoms with Crippen molar-refractivity contribution in [3.63, 3.8) is 0 Å². The number of amides is 1. The highest BCUT2D eigenvalue weighted by Crippen LogP contribution is 2.17. The van der Waals surface area contributed by atoms with Crippen LogP contribution in [0.2, 0.25) is 0 Å². The molecule has 2 unspecified atom stereocenters. The monoisotopic (exact) mass is 970 g/mol. The van der Waals surface area contributed by atoms with Crippen LogP contribution in [0.5, 0.6) is 0 Å². The van der Waals surface area contributed by atoms with Crippen molar-refractivity contribution in [3.05, 3.63) is 36.5 Å². The van der Waals surface area contributed by atoms with E-state index in [2.05, 4.69) is 55.6 Å². The van der Waals surface area contributed by atoms with Crippen LogP contribution in [0.4, 0.5) is 0 Å². The highest BCUT2D eigenvalue weighted by Gasteiger charge is 2.20. The van der Waals surface area contributed by atoms with Gasteiger partial charge in [-0.05, 0) is 83.5 Å². The lowest BCUT2D eigenvalue weighted by molar-refractivity contribution is -0.143. The van der Waals surface area contributed by atoms with E-state index in [-0.39, 0.29) is 18.5 Å². The molecule has 3 N–H and O–H groups in total. The van der Waals surface area contributed by atoms with Crippen LogP contribution in [-0.4, -0.2) is 47.4 Å². The van der Waals surface area contributed by atoms with E-state index in [1.165, 1.54) is 231 Å². The minimum Gasteiger partial charge on any atom is -0.466 e. The molecule has 0 aromatic carbocycles. The zero-order valence-electron chi connectivity index (χ0n) is 46.3. The zero-order chi connectivity index (χ0) is 50.0. The topological polar surface area (TPSA) is 95.9 Å². The van der Waals surface area contributed by atoms with Crippen molar-refractivity contribution in [1.29, 1.82) is 0 Å². The predicted molar refractivity (Wildman–Crippen MR) is 301 cm³/mol. The molecular weight excluding hydrogens is 851 g/mol. The number of carbonyl (C=O) groups is 2. The number of allylic oxidation sites excluding steroid dienone is 6. The van der Waals surface area contributed by atoms with E-state index >= 15 is 0 Å². The molecule has 6 heteroatoms. The normalized spacial score (nSPS) is 12.8. The van der Waals surface area contributed by atoms with Gasteiger partial charge >= 0.3 is 5.97 Å². The first-order valence-electron chi connectivity index (χ1n) is 30.7. The fourth-order valence-electron chi connectivity index (χ4n) is 9.43. The largest absolute Gasteiger partial charge is 0.466 e.